The van der Waals surface area contributed by atoms with Crippen LogP contribution in [-0.2, 0) is 6.54 Å². The summed E-state index contributed by atoms with van der Waals surface area (Å²) in [6, 6.07) is 10.4. The fraction of sp³-hybridized carbons (Fsp3) is 0.118. The Kier molecular flexibility index (Phi) is 4.25. The first-order chi connectivity index (χ1) is 12.0. The number of fused-ring (bicyclic) bond motifs is 1. The highest BCUT2D eigenvalue weighted by Crippen LogP contribution is 2.17. The molecule has 0 fully saturated rings. The molecule has 0 unspecified atom stereocenters. The van der Waals surface area contributed by atoms with E-state index in [9.17, 15) is 19.7 Å². The zero-order valence-corrected chi connectivity index (χ0v) is 13.3. The third-order valence-electron chi connectivity index (χ3n) is 3.74. The number of anilines is 1. The van der Waals surface area contributed by atoms with Crippen molar-refractivity contribution in [3.05, 3.63) is 74.7 Å². The molecule has 0 bridgehead atoms. The summed E-state index contributed by atoms with van der Waals surface area (Å²) < 4.78 is 1.43. The summed E-state index contributed by atoms with van der Waals surface area (Å²) in [5.41, 5.74) is 0.350. The molecule has 2 heterocycles. The smallest absolute Gasteiger partial charge is 0.269 e. The zero-order chi connectivity index (χ0) is 18.0. The fourth-order valence-electron chi connectivity index (χ4n) is 2.53. The lowest BCUT2D eigenvalue weighted by Crippen LogP contribution is -2.29. The standard InChI is InChI=1S/C17H14N4O4/c1-2-20-15-11(4-3-9-18-15)10-14(17(20)23)16(22)19-12-5-7-13(8-6-12)21(24)25/h3-10H,2H2,1H3,(H,19,22). The van der Waals surface area contributed by atoms with Crippen LogP contribution in [0.2, 0.25) is 0 Å². The summed E-state index contributed by atoms with van der Waals surface area (Å²) in [7, 11) is 0. The second-order valence-corrected chi connectivity index (χ2v) is 5.28. The first-order valence-electron chi connectivity index (χ1n) is 7.55. The molecule has 8 nitrogen and oxygen atoms in total. The van der Waals surface area contributed by atoms with Gasteiger partial charge in [0.25, 0.3) is 17.2 Å². The van der Waals surface area contributed by atoms with E-state index in [2.05, 4.69) is 10.3 Å². The van der Waals surface area contributed by atoms with Gasteiger partial charge in [-0.15, -0.1) is 0 Å². The summed E-state index contributed by atoms with van der Waals surface area (Å²) in [5, 5.41) is 13.9. The molecule has 25 heavy (non-hydrogen) atoms. The van der Waals surface area contributed by atoms with Gasteiger partial charge in [0.15, 0.2) is 0 Å². The molecule has 126 valence electrons. The molecule has 1 N–H and O–H groups in total. The first-order valence-corrected chi connectivity index (χ1v) is 7.55. The monoisotopic (exact) mass is 338 g/mol. The van der Waals surface area contributed by atoms with Crippen molar-refractivity contribution in [2.75, 3.05) is 5.32 Å². The van der Waals surface area contributed by atoms with Crippen LogP contribution in [0.3, 0.4) is 0 Å². The normalized spacial score (nSPS) is 10.6. The van der Waals surface area contributed by atoms with Gasteiger partial charge in [-0.3, -0.25) is 24.3 Å². The topological polar surface area (TPSA) is 107 Å². The van der Waals surface area contributed by atoms with Crippen LogP contribution in [0.25, 0.3) is 11.0 Å². The van der Waals surface area contributed by atoms with Crippen LogP contribution < -0.4 is 10.9 Å². The van der Waals surface area contributed by atoms with Crippen LogP contribution in [0.4, 0.5) is 11.4 Å². The molecule has 0 aliphatic heterocycles. The van der Waals surface area contributed by atoms with Crippen molar-refractivity contribution in [2.45, 2.75) is 13.5 Å². The molecule has 0 aliphatic rings. The molecule has 0 atom stereocenters. The minimum atomic E-state index is -0.577. The molecule has 1 amide bonds. The second-order valence-electron chi connectivity index (χ2n) is 5.28. The summed E-state index contributed by atoms with van der Waals surface area (Å²) in [6.45, 7) is 2.18. The van der Waals surface area contributed by atoms with Gasteiger partial charge in [0.05, 0.1) is 4.92 Å². The second kappa shape index (κ2) is 6.52. The Labute approximate surface area is 141 Å². The molecule has 1 aromatic carbocycles. The van der Waals surface area contributed by atoms with Gasteiger partial charge >= 0.3 is 0 Å². The van der Waals surface area contributed by atoms with Crippen molar-refractivity contribution in [1.82, 2.24) is 9.55 Å². The van der Waals surface area contributed by atoms with Crippen LogP contribution >= 0.6 is 0 Å². The SMILES string of the molecule is CCn1c(=O)c(C(=O)Nc2ccc([N+](=O)[O-])cc2)cc2cccnc21. The summed E-state index contributed by atoms with van der Waals surface area (Å²) >= 11 is 0. The number of hydrogen-bond donors (Lipinski definition) is 1. The average molecular weight is 338 g/mol. The van der Waals surface area contributed by atoms with Gasteiger partial charge in [0, 0.05) is 35.9 Å². The number of pyridine rings is 2. The van der Waals surface area contributed by atoms with E-state index < -0.39 is 16.4 Å². The Bertz CT molecular complexity index is 1020. The van der Waals surface area contributed by atoms with Crippen LogP contribution in [-0.4, -0.2) is 20.4 Å². The lowest BCUT2D eigenvalue weighted by atomic mass is 10.2. The number of rotatable bonds is 4. The minimum absolute atomic E-state index is 0.0132. The molecule has 0 spiro atoms. The van der Waals surface area contributed by atoms with Crippen LogP contribution in [0.1, 0.15) is 17.3 Å². The third kappa shape index (κ3) is 3.09. The van der Waals surface area contributed by atoms with E-state index in [4.69, 9.17) is 0 Å². The Morgan fingerprint density at radius 3 is 2.64 bits per heavy atom. The summed E-state index contributed by atoms with van der Waals surface area (Å²) in [6.07, 6.45) is 1.59. The zero-order valence-electron chi connectivity index (χ0n) is 13.3. The molecule has 0 saturated carbocycles. The highest BCUT2D eigenvalue weighted by molar-refractivity contribution is 6.05. The quantitative estimate of drug-likeness (QED) is 0.581. The molecule has 0 saturated heterocycles. The van der Waals surface area contributed by atoms with E-state index in [0.717, 1.165) is 0 Å². The van der Waals surface area contributed by atoms with Crippen molar-refractivity contribution < 1.29 is 9.72 Å². The summed E-state index contributed by atoms with van der Waals surface area (Å²) in [5.74, 6) is -0.577. The molecule has 0 aliphatic carbocycles. The largest absolute Gasteiger partial charge is 0.322 e. The minimum Gasteiger partial charge on any atom is -0.322 e. The highest BCUT2D eigenvalue weighted by atomic mass is 16.6. The number of nitro groups is 1. The molecule has 0 radical (unpaired) electrons. The Hall–Kier alpha value is -3.55. The van der Waals surface area contributed by atoms with E-state index in [1.165, 1.54) is 34.9 Å². The van der Waals surface area contributed by atoms with E-state index in [-0.39, 0.29) is 11.3 Å². The number of benzene rings is 1. The lowest BCUT2D eigenvalue weighted by Gasteiger charge is -2.10. The number of nitro benzene ring substituents is 1. The molecule has 2 aromatic heterocycles. The first kappa shape index (κ1) is 16.3. The van der Waals surface area contributed by atoms with E-state index in [0.29, 0.717) is 23.3 Å². The maximum absolute atomic E-state index is 12.6. The highest BCUT2D eigenvalue weighted by Gasteiger charge is 2.16. The average Bonchev–Trinajstić information content (AvgIpc) is 2.61. The van der Waals surface area contributed by atoms with Gasteiger partial charge in [-0.1, -0.05) is 0 Å². The van der Waals surface area contributed by atoms with Crippen molar-refractivity contribution >= 4 is 28.3 Å². The van der Waals surface area contributed by atoms with Gasteiger partial charge in [0.1, 0.15) is 11.2 Å². The Morgan fingerprint density at radius 1 is 1.28 bits per heavy atom. The molecular weight excluding hydrogens is 324 g/mol. The molecule has 8 heteroatoms. The number of nitrogens with zero attached hydrogens (tertiary/aromatic N) is 3. The van der Waals surface area contributed by atoms with Gasteiger partial charge in [-0.05, 0) is 37.3 Å². The predicted molar refractivity (Wildman–Crippen MR) is 92.7 cm³/mol. The fourth-order valence-corrected chi connectivity index (χ4v) is 2.53. The molecular formula is C17H14N4O4. The Morgan fingerprint density at radius 2 is 2.00 bits per heavy atom. The van der Waals surface area contributed by atoms with Gasteiger partial charge in [-0.2, -0.15) is 0 Å². The number of hydrogen-bond acceptors (Lipinski definition) is 5. The van der Waals surface area contributed by atoms with Gasteiger partial charge in [-0.25, -0.2) is 4.98 Å². The number of carbonyl (C=O) groups excluding carboxylic acids is 1. The number of nitrogens with one attached hydrogen (secondary N) is 1. The summed E-state index contributed by atoms with van der Waals surface area (Å²) in [4.78, 5) is 39.4. The van der Waals surface area contributed by atoms with E-state index in [1.807, 2.05) is 0 Å². The van der Waals surface area contributed by atoms with Gasteiger partial charge < -0.3 is 5.32 Å². The maximum Gasteiger partial charge on any atom is 0.269 e. The maximum atomic E-state index is 12.6. The number of aromatic nitrogens is 2. The van der Waals surface area contributed by atoms with Crippen molar-refractivity contribution in [3.63, 3.8) is 0 Å². The van der Waals surface area contributed by atoms with E-state index in [1.54, 1.807) is 25.3 Å². The van der Waals surface area contributed by atoms with Crippen LogP contribution in [0.15, 0.2) is 53.5 Å². The number of amides is 1. The van der Waals surface area contributed by atoms with E-state index >= 15 is 0 Å². The van der Waals surface area contributed by atoms with Crippen LogP contribution in [0.5, 0.6) is 0 Å². The molecule has 3 aromatic rings. The lowest BCUT2D eigenvalue weighted by molar-refractivity contribution is -0.384. The van der Waals surface area contributed by atoms with Gasteiger partial charge in [0.2, 0.25) is 0 Å². The van der Waals surface area contributed by atoms with Crippen molar-refractivity contribution in [1.29, 1.82) is 0 Å². The molecule has 3 rings (SSSR count). The van der Waals surface area contributed by atoms with Crippen molar-refractivity contribution in [3.8, 4) is 0 Å². The van der Waals surface area contributed by atoms with Crippen LogP contribution in [0, 0.1) is 10.1 Å². The number of carbonyl (C=O) groups is 1. The predicted octanol–water partition coefficient (Wildman–Crippen LogP) is 2.58. The number of non-ortho nitro benzene ring substituents is 1. The number of aryl methyl sites for hydroxylation is 1. The third-order valence-corrected chi connectivity index (χ3v) is 3.74. The Balaban J connectivity index is 1.98. The van der Waals surface area contributed by atoms with Crippen molar-refractivity contribution in [2.24, 2.45) is 0 Å².